The lowest BCUT2D eigenvalue weighted by molar-refractivity contribution is -0.116. The highest BCUT2D eigenvalue weighted by atomic mass is 16.5. The van der Waals surface area contributed by atoms with Crippen molar-refractivity contribution in [2.45, 2.75) is 19.8 Å². The monoisotopic (exact) mass is 320 g/mol. The molecule has 0 atom stereocenters. The Labute approximate surface area is 141 Å². The summed E-state index contributed by atoms with van der Waals surface area (Å²) < 4.78 is 5.67. The number of aromatic nitrogens is 1. The second kappa shape index (κ2) is 7.59. The van der Waals surface area contributed by atoms with Crippen LogP contribution in [0.1, 0.15) is 18.4 Å². The summed E-state index contributed by atoms with van der Waals surface area (Å²) in [5, 5.41) is 4.98. The molecule has 0 radical (unpaired) electrons. The number of nitrogens with one attached hydrogen (secondary N) is 1. The molecule has 0 fully saturated rings. The van der Waals surface area contributed by atoms with Gasteiger partial charge in [0.1, 0.15) is 5.75 Å². The maximum absolute atomic E-state index is 12.1. The van der Waals surface area contributed by atoms with Crippen molar-refractivity contribution < 1.29 is 9.53 Å². The van der Waals surface area contributed by atoms with Crippen LogP contribution >= 0.6 is 0 Å². The zero-order valence-electron chi connectivity index (χ0n) is 13.7. The summed E-state index contributed by atoms with van der Waals surface area (Å²) in [6, 6.07) is 15.6. The fraction of sp³-hybridized carbons (Fsp3) is 0.200. The minimum atomic E-state index is -0.00726. The standard InChI is InChI=1S/C20H20N2O2/c1-15-5-2-7-17(13-15)24-12-4-9-20(23)22-19-8-3-6-16-14-21-11-10-18(16)19/h2-3,5-8,10-11,13-14H,4,9,12H2,1H3,(H,22,23). The quantitative estimate of drug-likeness (QED) is 0.687. The first kappa shape index (κ1) is 16.0. The van der Waals surface area contributed by atoms with Crippen LogP contribution in [0.25, 0.3) is 10.8 Å². The van der Waals surface area contributed by atoms with Crippen molar-refractivity contribution in [1.82, 2.24) is 4.98 Å². The molecule has 24 heavy (non-hydrogen) atoms. The third-order valence-electron chi connectivity index (χ3n) is 3.76. The Bertz CT molecular complexity index is 840. The summed E-state index contributed by atoms with van der Waals surface area (Å²) >= 11 is 0. The number of anilines is 1. The number of aryl methyl sites for hydroxylation is 1. The van der Waals surface area contributed by atoms with Gasteiger partial charge in [0, 0.05) is 35.3 Å². The third kappa shape index (κ3) is 4.10. The summed E-state index contributed by atoms with van der Waals surface area (Å²) in [4.78, 5) is 16.2. The first-order valence-corrected chi connectivity index (χ1v) is 8.04. The lowest BCUT2D eigenvalue weighted by Crippen LogP contribution is -2.13. The molecule has 0 saturated heterocycles. The Morgan fingerprint density at radius 2 is 2.04 bits per heavy atom. The Hall–Kier alpha value is -2.88. The SMILES string of the molecule is Cc1cccc(OCCCC(=O)Nc2cccc3cnccc23)c1. The molecule has 0 aliphatic heterocycles. The van der Waals surface area contributed by atoms with Crippen LogP contribution in [0, 0.1) is 6.92 Å². The smallest absolute Gasteiger partial charge is 0.224 e. The molecule has 0 saturated carbocycles. The molecule has 122 valence electrons. The Morgan fingerprint density at radius 1 is 1.17 bits per heavy atom. The number of amides is 1. The van der Waals surface area contributed by atoms with Gasteiger partial charge in [-0.3, -0.25) is 9.78 Å². The zero-order valence-corrected chi connectivity index (χ0v) is 13.7. The summed E-state index contributed by atoms with van der Waals surface area (Å²) in [7, 11) is 0. The molecule has 0 unspecified atom stereocenters. The van der Waals surface area contributed by atoms with Gasteiger partial charge in [0.25, 0.3) is 0 Å². The lowest BCUT2D eigenvalue weighted by atomic mass is 10.1. The molecule has 0 aliphatic carbocycles. The summed E-state index contributed by atoms with van der Waals surface area (Å²) in [6.45, 7) is 2.55. The fourth-order valence-corrected chi connectivity index (χ4v) is 2.57. The number of rotatable bonds is 6. The van der Waals surface area contributed by atoms with Gasteiger partial charge in [-0.25, -0.2) is 0 Å². The molecular formula is C20H20N2O2. The predicted molar refractivity (Wildman–Crippen MR) is 96.3 cm³/mol. The number of pyridine rings is 1. The van der Waals surface area contributed by atoms with Crippen molar-refractivity contribution in [2.75, 3.05) is 11.9 Å². The average molecular weight is 320 g/mol. The van der Waals surface area contributed by atoms with Crippen LogP contribution in [0.4, 0.5) is 5.69 Å². The summed E-state index contributed by atoms with van der Waals surface area (Å²) in [5.41, 5.74) is 1.98. The highest BCUT2D eigenvalue weighted by molar-refractivity contribution is 6.01. The molecule has 3 aromatic rings. The molecular weight excluding hydrogens is 300 g/mol. The van der Waals surface area contributed by atoms with E-state index in [1.807, 2.05) is 55.5 Å². The molecule has 2 aromatic carbocycles. The number of ether oxygens (including phenoxy) is 1. The van der Waals surface area contributed by atoms with Gasteiger partial charge in [0.05, 0.1) is 6.61 Å². The van der Waals surface area contributed by atoms with E-state index in [1.54, 1.807) is 12.4 Å². The first-order chi connectivity index (χ1) is 11.7. The minimum absolute atomic E-state index is 0.00726. The minimum Gasteiger partial charge on any atom is -0.494 e. The van der Waals surface area contributed by atoms with Crippen molar-refractivity contribution in [3.8, 4) is 5.75 Å². The van der Waals surface area contributed by atoms with Gasteiger partial charge in [-0.1, -0.05) is 24.3 Å². The van der Waals surface area contributed by atoms with Crippen molar-refractivity contribution in [1.29, 1.82) is 0 Å². The van der Waals surface area contributed by atoms with E-state index in [2.05, 4.69) is 10.3 Å². The number of hydrogen-bond donors (Lipinski definition) is 1. The Kier molecular flexibility index (Phi) is 5.06. The van der Waals surface area contributed by atoms with Crippen LogP contribution in [0.3, 0.4) is 0 Å². The summed E-state index contributed by atoms with van der Waals surface area (Å²) in [6.07, 6.45) is 4.62. The predicted octanol–water partition coefficient (Wildman–Crippen LogP) is 4.34. The van der Waals surface area contributed by atoms with E-state index in [0.717, 1.165) is 27.8 Å². The average Bonchev–Trinajstić information content (AvgIpc) is 2.59. The van der Waals surface area contributed by atoms with Crippen molar-refractivity contribution in [3.63, 3.8) is 0 Å². The van der Waals surface area contributed by atoms with Crippen LogP contribution < -0.4 is 10.1 Å². The third-order valence-corrected chi connectivity index (χ3v) is 3.76. The molecule has 1 aromatic heterocycles. The van der Waals surface area contributed by atoms with E-state index in [9.17, 15) is 4.79 Å². The van der Waals surface area contributed by atoms with Gasteiger partial charge >= 0.3 is 0 Å². The molecule has 1 amide bonds. The number of nitrogens with zero attached hydrogens (tertiary/aromatic N) is 1. The maximum Gasteiger partial charge on any atom is 0.224 e. The lowest BCUT2D eigenvalue weighted by Gasteiger charge is -2.09. The van der Waals surface area contributed by atoms with Crippen LogP contribution in [0.15, 0.2) is 60.9 Å². The van der Waals surface area contributed by atoms with Crippen molar-refractivity contribution in [2.24, 2.45) is 0 Å². The molecule has 1 N–H and O–H groups in total. The Morgan fingerprint density at radius 3 is 2.92 bits per heavy atom. The van der Waals surface area contributed by atoms with Crippen LogP contribution in [0.2, 0.25) is 0 Å². The zero-order chi connectivity index (χ0) is 16.8. The van der Waals surface area contributed by atoms with Crippen LogP contribution in [-0.2, 0) is 4.79 Å². The van der Waals surface area contributed by atoms with Gasteiger partial charge in [0.15, 0.2) is 0 Å². The Balaban J connectivity index is 1.50. The molecule has 4 heteroatoms. The number of carbonyl (C=O) groups excluding carboxylic acids is 1. The number of fused-ring (bicyclic) bond motifs is 1. The normalized spacial score (nSPS) is 10.5. The number of hydrogen-bond acceptors (Lipinski definition) is 3. The number of benzene rings is 2. The van der Waals surface area contributed by atoms with Gasteiger partial charge in [-0.2, -0.15) is 0 Å². The first-order valence-electron chi connectivity index (χ1n) is 8.04. The number of carbonyl (C=O) groups is 1. The van der Waals surface area contributed by atoms with E-state index in [0.29, 0.717) is 19.4 Å². The van der Waals surface area contributed by atoms with E-state index in [1.165, 1.54) is 0 Å². The maximum atomic E-state index is 12.1. The highest BCUT2D eigenvalue weighted by Gasteiger charge is 2.06. The van der Waals surface area contributed by atoms with E-state index in [4.69, 9.17) is 4.74 Å². The summed E-state index contributed by atoms with van der Waals surface area (Å²) in [5.74, 6) is 0.837. The topological polar surface area (TPSA) is 51.2 Å². The van der Waals surface area contributed by atoms with Gasteiger partial charge in [-0.05, 0) is 43.2 Å². The fourth-order valence-electron chi connectivity index (χ4n) is 2.57. The van der Waals surface area contributed by atoms with Gasteiger partial charge in [-0.15, -0.1) is 0 Å². The van der Waals surface area contributed by atoms with Gasteiger partial charge in [0.2, 0.25) is 5.91 Å². The molecule has 0 aliphatic rings. The van der Waals surface area contributed by atoms with E-state index < -0.39 is 0 Å². The van der Waals surface area contributed by atoms with Crippen LogP contribution in [0.5, 0.6) is 5.75 Å². The molecule has 3 rings (SSSR count). The van der Waals surface area contributed by atoms with Crippen molar-refractivity contribution >= 4 is 22.4 Å². The van der Waals surface area contributed by atoms with Crippen molar-refractivity contribution in [3.05, 3.63) is 66.5 Å². The second-order valence-corrected chi connectivity index (χ2v) is 5.72. The highest BCUT2D eigenvalue weighted by Crippen LogP contribution is 2.22. The largest absolute Gasteiger partial charge is 0.494 e. The van der Waals surface area contributed by atoms with Gasteiger partial charge < -0.3 is 10.1 Å². The van der Waals surface area contributed by atoms with E-state index >= 15 is 0 Å². The second-order valence-electron chi connectivity index (χ2n) is 5.72. The molecule has 0 spiro atoms. The van der Waals surface area contributed by atoms with E-state index in [-0.39, 0.29) is 5.91 Å². The van der Waals surface area contributed by atoms with Crippen LogP contribution in [-0.4, -0.2) is 17.5 Å². The molecule has 0 bridgehead atoms. The molecule has 4 nitrogen and oxygen atoms in total. The molecule has 1 heterocycles.